The Hall–Kier alpha value is -3.13. The molecule has 0 aliphatic carbocycles. The van der Waals surface area contributed by atoms with Gasteiger partial charge in [-0.05, 0) is 61.2 Å². The molecule has 1 aliphatic rings. The Balaban J connectivity index is 1.53. The number of sulfone groups is 1. The van der Waals surface area contributed by atoms with Gasteiger partial charge in [0.1, 0.15) is 0 Å². The van der Waals surface area contributed by atoms with Gasteiger partial charge in [-0.2, -0.15) is 0 Å². The predicted molar refractivity (Wildman–Crippen MR) is 148 cm³/mol. The molecule has 1 saturated heterocycles. The van der Waals surface area contributed by atoms with Gasteiger partial charge in [0.2, 0.25) is 0 Å². The van der Waals surface area contributed by atoms with Gasteiger partial charge in [0, 0.05) is 55.6 Å². The highest BCUT2D eigenvalue weighted by Crippen LogP contribution is 2.31. The number of β-amino-alcohol motifs (C(OH)–C–C–N with tert-alkyl or cyclic N) is 1. The number of halogens is 2. The van der Waals surface area contributed by atoms with Gasteiger partial charge in [-0.1, -0.05) is 12.0 Å². The fourth-order valence-electron chi connectivity index (χ4n) is 4.73. The summed E-state index contributed by atoms with van der Waals surface area (Å²) in [6.45, 7) is 3.32. The zero-order valence-electron chi connectivity index (χ0n) is 21.7. The molecule has 2 aromatic carbocycles. The van der Waals surface area contributed by atoms with Crippen molar-refractivity contribution in [2.75, 3.05) is 49.7 Å². The highest BCUT2D eigenvalue weighted by atomic mass is 32.2. The zero-order valence-corrected chi connectivity index (χ0v) is 22.5. The summed E-state index contributed by atoms with van der Waals surface area (Å²) >= 11 is 0. The third kappa shape index (κ3) is 7.25. The van der Waals surface area contributed by atoms with E-state index in [0.29, 0.717) is 23.4 Å². The maximum Gasteiger partial charge on any atom is 0.262 e. The van der Waals surface area contributed by atoms with E-state index in [2.05, 4.69) is 27.4 Å². The first kappa shape index (κ1) is 27.9. The number of anilines is 2. The van der Waals surface area contributed by atoms with Gasteiger partial charge in [-0.3, -0.25) is 0 Å². The topological polar surface area (TPSA) is 86.6 Å². The number of hydrogen-bond donors (Lipinski definition) is 3. The molecule has 1 aliphatic heterocycles. The standard InChI is InChI=1S/C28H34F2N4O3S/c1-28(29,30)20-34-23(5-4-14-31-21-8-10-24(11-9-21)38(2,36)37)19-25-26(6-3-7-27(25)34)32-22-12-15-33(16-13-22)17-18-35/h3,6-11,19,22,31-32,35H,12-18,20H2,1-2H3. The average molecular weight is 545 g/mol. The summed E-state index contributed by atoms with van der Waals surface area (Å²) in [6.07, 6.45) is 3.03. The zero-order chi connectivity index (χ0) is 27.3. The fraction of sp³-hybridized carbons (Fsp3) is 0.429. The molecule has 0 amide bonds. The van der Waals surface area contributed by atoms with Crippen LogP contribution in [0.5, 0.6) is 0 Å². The number of aliphatic hydroxyl groups excluding tert-OH is 1. The quantitative estimate of drug-likeness (QED) is 0.353. The molecule has 0 bridgehead atoms. The first-order chi connectivity index (χ1) is 18.0. The number of rotatable bonds is 9. The minimum atomic E-state index is -3.27. The van der Waals surface area contributed by atoms with Crippen LogP contribution >= 0.6 is 0 Å². The first-order valence-corrected chi connectivity index (χ1v) is 14.6. The van der Waals surface area contributed by atoms with Crippen LogP contribution in [-0.2, 0) is 16.4 Å². The Morgan fingerprint density at radius 1 is 1.13 bits per heavy atom. The van der Waals surface area contributed by atoms with E-state index in [1.165, 1.54) is 12.1 Å². The van der Waals surface area contributed by atoms with Crippen molar-refractivity contribution in [3.05, 3.63) is 54.2 Å². The normalized spacial score (nSPS) is 15.3. The molecule has 0 spiro atoms. The lowest BCUT2D eigenvalue weighted by Crippen LogP contribution is -2.40. The number of hydrogen-bond acceptors (Lipinski definition) is 6. The Labute approximate surface area is 222 Å². The predicted octanol–water partition coefficient (Wildman–Crippen LogP) is 4.03. The van der Waals surface area contributed by atoms with Crippen molar-refractivity contribution < 1.29 is 22.3 Å². The van der Waals surface area contributed by atoms with Crippen molar-refractivity contribution in [2.45, 2.75) is 43.2 Å². The number of benzene rings is 2. The fourth-order valence-corrected chi connectivity index (χ4v) is 5.36. The minimum Gasteiger partial charge on any atom is -0.395 e. The Morgan fingerprint density at radius 3 is 2.47 bits per heavy atom. The average Bonchev–Trinajstić information content (AvgIpc) is 3.20. The molecular formula is C28H34F2N4O3S. The second-order valence-corrected chi connectivity index (χ2v) is 11.9. The largest absolute Gasteiger partial charge is 0.395 e. The Kier molecular flexibility index (Phi) is 8.61. The molecular weight excluding hydrogens is 510 g/mol. The SMILES string of the molecule is CC(F)(F)Cn1c(C#CCNc2ccc(S(C)(=O)=O)cc2)cc2c(NC3CCN(CCO)CC3)cccc21. The van der Waals surface area contributed by atoms with Crippen LogP contribution in [0.3, 0.4) is 0 Å². The van der Waals surface area contributed by atoms with E-state index in [0.717, 1.165) is 50.2 Å². The number of aliphatic hydroxyl groups is 1. The van der Waals surface area contributed by atoms with Crippen LogP contribution in [-0.4, -0.2) is 74.0 Å². The van der Waals surface area contributed by atoms with Crippen molar-refractivity contribution in [3.63, 3.8) is 0 Å². The van der Waals surface area contributed by atoms with Crippen molar-refractivity contribution in [3.8, 4) is 11.8 Å². The first-order valence-electron chi connectivity index (χ1n) is 12.7. The van der Waals surface area contributed by atoms with E-state index in [1.54, 1.807) is 16.7 Å². The molecule has 10 heteroatoms. The van der Waals surface area contributed by atoms with Crippen molar-refractivity contribution in [2.24, 2.45) is 0 Å². The molecule has 3 N–H and O–H groups in total. The Morgan fingerprint density at radius 2 is 1.84 bits per heavy atom. The molecule has 7 nitrogen and oxygen atoms in total. The van der Waals surface area contributed by atoms with Gasteiger partial charge in [0.05, 0.1) is 35.8 Å². The number of nitrogens with one attached hydrogen (secondary N) is 2. The molecule has 204 valence electrons. The van der Waals surface area contributed by atoms with E-state index < -0.39 is 22.3 Å². The number of nitrogens with zero attached hydrogens (tertiary/aromatic N) is 2. The molecule has 1 fully saturated rings. The monoisotopic (exact) mass is 544 g/mol. The van der Waals surface area contributed by atoms with E-state index >= 15 is 0 Å². The van der Waals surface area contributed by atoms with Crippen molar-refractivity contribution in [1.29, 1.82) is 0 Å². The van der Waals surface area contributed by atoms with Gasteiger partial charge in [0.15, 0.2) is 9.84 Å². The molecule has 38 heavy (non-hydrogen) atoms. The van der Waals surface area contributed by atoms with Gasteiger partial charge < -0.3 is 25.2 Å². The summed E-state index contributed by atoms with van der Waals surface area (Å²) in [6, 6.07) is 14.2. The lowest BCUT2D eigenvalue weighted by Gasteiger charge is -2.32. The maximum absolute atomic E-state index is 14.1. The molecule has 2 heterocycles. The summed E-state index contributed by atoms with van der Waals surface area (Å²) in [7, 11) is -3.27. The maximum atomic E-state index is 14.1. The molecule has 0 radical (unpaired) electrons. The lowest BCUT2D eigenvalue weighted by molar-refractivity contribution is 0.00490. The summed E-state index contributed by atoms with van der Waals surface area (Å²) in [5, 5.41) is 16.7. The summed E-state index contributed by atoms with van der Waals surface area (Å²) in [4.78, 5) is 2.47. The summed E-state index contributed by atoms with van der Waals surface area (Å²) in [5.74, 6) is 3.14. The molecule has 0 atom stereocenters. The minimum absolute atomic E-state index is 0.155. The van der Waals surface area contributed by atoms with E-state index in [4.69, 9.17) is 0 Å². The molecule has 0 unspecified atom stereocenters. The lowest BCUT2D eigenvalue weighted by atomic mass is 10.0. The second kappa shape index (κ2) is 11.7. The van der Waals surface area contributed by atoms with Gasteiger partial charge in [0.25, 0.3) is 5.92 Å². The molecule has 0 saturated carbocycles. The van der Waals surface area contributed by atoms with Crippen LogP contribution in [0.25, 0.3) is 10.9 Å². The van der Waals surface area contributed by atoms with Crippen molar-refractivity contribution in [1.82, 2.24) is 9.47 Å². The number of fused-ring (bicyclic) bond motifs is 1. The summed E-state index contributed by atoms with van der Waals surface area (Å²) in [5.41, 5.74) is 2.81. The van der Waals surface area contributed by atoms with Crippen LogP contribution < -0.4 is 10.6 Å². The van der Waals surface area contributed by atoms with Crippen LogP contribution in [0.4, 0.5) is 20.2 Å². The molecule has 1 aromatic heterocycles. The van der Waals surface area contributed by atoms with Crippen molar-refractivity contribution >= 4 is 32.1 Å². The number of alkyl halides is 2. The van der Waals surface area contributed by atoms with E-state index in [9.17, 15) is 22.3 Å². The third-order valence-corrected chi connectivity index (χ3v) is 7.75. The Bertz CT molecular complexity index is 1410. The van der Waals surface area contributed by atoms with E-state index in [-0.39, 0.29) is 24.1 Å². The highest BCUT2D eigenvalue weighted by Gasteiger charge is 2.25. The van der Waals surface area contributed by atoms with Crippen LogP contribution in [0.2, 0.25) is 0 Å². The molecule has 4 rings (SSSR count). The third-order valence-electron chi connectivity index (χ3n) is 6.62. The highest BCUT2D eigenvalue weighted by molar-refractivity contribution is 7.90. The van der Waals surface area contributed by atoms with Crippen LogP contribution in [0.1, 0.15) is 25.5 Å². The number of likely N-dealkylation sites (tertiary alicyclic amines) is 1. The summed E-state index contributed by atoms with van der Waals surface area (Å²) < 4.78 is 53.1. The van der Waals surface area contributed by atoms with Gasteiger partial charge in [-0.25, -0.2) is 17.2 Å². The van der Waals surface area contributed by atoms with Gasteiger partial charge in [-0.15, -0.1) is 0 Å². The van der Waals surface area contributed by atoms with E-state index in [1.807, 2.05) is 24.3 Å². The van der Waals surface area contributed by atoms with Gasteiger partial charge >= 0.3 is 0 Å². The number of piperidine rings is 1. The molecule has 3 aromatic rings. The smallest absolute Gasteiger partial charge is 0.262 e. The van der Waals surface area contributed by atoms with Crippen LogP contribution in [0, 0.1) is 11.8 Å². The van der Waals surface area contributed by atoms with Crippen LogP contribution in [0.15, 0.2) is 53.4 Å². The number of aromatic nitrogens is 1. The second-order valence-electron chi connectivity index (χ2n) is 9.86.